The van der Waals surface area contributed by atoms with Gasteiger partial charge in [0, 0.05) is 13.5 Å². The number of nitrogens with zero attached hydrogens (tertiary/aromatic N) is 1. The minimum absolute atomic E-state index is 0.110. The number of aliphatic hydroxyl groups excluding tert-OH is 1. The highest BCUT2D eigenvalue weighted by molar-refractivity contribution is 5.90. The molecule has 0 aromatic heterocycles. The van der Waals surface area contributed by atoms with Gasteiger partial charge in [0.2, 0.25) is 11.8 Å². The average Bonchev–Trinajstić information content (AvgIpc) is 2.60. The number of carbonyl (C=O) groups excluding carboxylic acids is 2. The number of hydrogen-bond donors (Lipinski definition) is 2. The molecule has 1 heterocycles. The van der Waals surface area contributed by atoms with Crippen molar-refractivity contribution in [3.63, 3.8) is 0 Å². The highest BCUT2D eigenvalue weighted by Gasteiger charge is 2.44. The van der Waals surface area contributed by atoms with Crippen LogP contribution < -0.4 is 5.32 Å². The van der Waals surface area contributed by atoms with Crippen LogP contribution in [0.15, 0.2) is 12.2 Å². The van der Waals surface area contributed by atoms with Crippen LogP contribution in [0.5, 0.6) is 0 Å². The fourth-order valence-corrected chi connectivity index (χ4v) is 2.26. The van der Waals surface area contributed by atoms with Gasteiger partial charge in [0.05, 0.1) is 6.04 Å². The Morgan fingerprint density at radius 1 is 1.53 bits per heavy atom. The lowest BCUT2D eigenvalue weighted by Crippen LogP contribution is -2.47. The summed E-state index contributed by atoms with van der Waals surface area (Å²) < 4.78 is 0. The quantitative estimate of drug-likeness (QED) is 0.721. The van der Waals surface area contributed by atoms with Crippen LogP contribution in [0.2, 0.25) is 0 Å². The molecule has 2 unspecified atom stereocenters. The van der Waals surface area contributed by atoms with E-state index in [1.54, 1.807) is 7.05 Å². The molecule has 1 aliphatic rings. The molecule has 1 aliphatic heterocycles. The maximum absolute atomic E-state index is 12.0. The van der Waals surface area contributed by atoms with Crippen molar-refractivity contribution in [2.24, 2.45) is 5.92 Å². The van der Waals surface area contributed by atoms with Gasteiger partial charge in [0.1, 0.15) is 12.1 Å². The van der Waals surface area contributed by atoms with E-state index in [0.717, 1.165) is 0 Å². The molecule has 0 aromatic rings. The molecule has 0 aromatic carbocycles. The topological polar surface area (TPSA) is 69.6 Å². The minimum Gasteiger partial charge on any atom is -0.388 e. The molecule has 0 radical (unpaired) electrons. The summed E-state index contributed by atoms with van der Waals surface area (Å²) in [5, 5.41) is 12.9. The third kappa shape index (κ3) is 3.80. The maximum Gasteiger partial charge on any atom is 0.245 e. The molecule has 5 heteroatoms. The first-order valence-corrected chi connectivity index (χ1v) is 6.73. The number of aliphatic hydroxyl groups is 1. The summed E-state index contributed by atoms with van der Waals surface area (Å²) in [6.45, 7) is 5.79. The van der Waals surface area contributed by atoms with Crippen molar-refractivity contribution in [1.82, 2.24) is 10.2 Å². The fourth-order valence-electron chi connectivity index (χ4n) is 2.26. The predicted octanol–water partition coefficient (Wildman–Crippen LogP) is 0.685. The second-order valence-corrected chi connectivity index (χ2v) is 5.46. The smallest absolute Gasteiger partial charge is 0.245 e. The number of amides is 2. The zero-order chi connectivity index (χ0) is 14.6. The van der Waals surface area contributed by atoms with Crippen LogP contribution in [-0.4, -0.2) is 47.1 Å². The van der Waals surface area contributed by atoms with Gasteiger partial charge in [-0.15, -0.1) is 0 Å². The Hall–Kier alpha value is -1.36. The van der Waals surface area contributed by atoms with E-state index in [2.05, 4.69) is 5.32 Å². The van der Waals surface area contributed by atoms with Gasteiger partial charge in [-0.3, -0.25) is 9.59 Å². The number of nitrogens with one attached hydrogen (secondary N) is 1. The van der Waals surface area contributed by atoms with Gasteiger partial charge in [0.25, 0.3) is 0 Å². The molecule has 1 fully saturated rings. The van der Waals surface area contributed by atoms with Gasteiger partial charge in [-0.1, -0.05) is 26.0 Å². The zero-order valence-electron chi connectivity index (χ0n) is 12.1. The van der Waals surface area contributed by atoms with E-state index in [0.29, 0.717) is 12.8 Å². The van der Waals surface area contributed by atoms with Crippen molar-refractivity contribution < 1.29 is 14.7 Å². The maximum atomic E-state index is 12.0. The van der Waals surface area contributed by atoms with Crippen LogP contribution in [0.25, 0.3) is 0 Å². The molecule has 0 saturated carbocycles. The van der Waals surface area contributed by atoms with Gasteiger partial charge in [-0.25, -0.2) is 0 Å². The van der Waals surface area contributed by atoms with Gasteiger partial charge in [-0.05, 0) is 19.3 Å². The normalized spacial score (nSPS) is 27.1. The lowest BCUT2D eigenvalue weighted by atomic mass is 10.0. The summed E-state index contributed by atoms with van der Waals surface area (Å²) >= 11 is 0. The van der Waals surface area contributed by atoms with E-state index in [9.17, 15) is 14.7 Å². The van der Waals surface area contributed by atoms with E-state index in [1.165, 1.54) is 4.90 Å². The Bertz CT molecular complexity index is 366. The van der Waals surface area contributed by atoms with Gasteiger partial charge < -0.3 is 15.3 Å². The van der Waals surface area contributed by atoms with E-state index in [4.69, 9.17) is 0 Å². The van der Waals surface area contributed by atoms with E-state index in [-0.39, 0.29) is 23.8 Å². The number of allylic oxidation sites excluding steroid dienone is 1. The predicted molar refractivity (Wildman–Crippen MR) is 73.4 cm³/mol. The molecule has 0 spiro atoms. The van der Waals surface area contributed by atoms with Gasteiger partial charge in [0.15, 0.2) is 0 Å². The van der Waals surface area contributed by atoms with Gasteiger partial charge >= 0.3 is 0 Å². The molecular weight excluding hydrogens is 244 g/mol. The highest BCUT2D eigenvalue weighted by Crippen LogP contribution is 2.19. The number of carbonyl (C=O) groups is 2. The molecule has 1 saturated heterocycles. The second-order valence-electron chi connectivity index (χ2n) is 5.46. The van der Waals surface area contributed by atoms with Crippen molar-refractivity contribution >= 4 is 11.8 Å². The molecule has 108 valence electrons. The first-order valence-electron chi connectivity index (χ1n) is 6.73. The monoisotopic (exact) mass is 268 g/mol. The first kappa shape index (κ1) is 15.7. The van der Waals surface area contributed by atoms with Crippen LogP contribution in [0.1, 0.15) is 33.6 Å². The zero-order valence-corrected chi connectivity index (χ0v) is 12.1. The largest absolute Gasteiger partial charge is 0.388 e. The molecule has 19 heavy (non-hydrogen) atoms. The van der Waals surface area contributed by atoms with Crippen LogP contribution in [0, 0.1) is 5.92 Å². The summed E-state index contributed by atoms with van der Waals surface area (Å²) in [6.07, 6.45) is 3.87. The number of likely N-dealkylation sites (N-methyl/N-ethyl adjacent to an activating group) is 1. The lowest BCUT2D eigenvalue weighted by Gasteiger charge is -2.26. The molecule has 0 bridgehead atoms. The molecule has 1 rings (SSSR count). The first-order chi connectivity index (χ1) is 8.88. The van der Waals surface area contributed by atoms with E-state index < -0.39 is 12.1 Å². The Morgan fingerprint density at radius 2 is 2.16 bits per heavy atom. The lowest BCUT2D eigenvalue weighted by molar-refractivity contribution is -0.140. The minimum atomic E-state index is -0.857. The highest BCUT2D eigenvalue weighted by atomic mass is 16.3. The molecule has 2 N–H and O–H groups in total. The summed E-state index contributed by atoms with van der Waals surface area (Å²) in [5.74, 6) is -0.155. The van der Waals surface area contributed by atoms with Crippen LogP contribution in [0.4, 0.5) is 0 Å². The number of hydrogen-bond acceptors (Lipinski definition) is 3. The van der Waals surface area contributed by atoms with Crippen molar-refractivity contribution in [2.75, 3.05) is 7.05 Å². The fraction of sp³-hybridized carbons (Fsp3) is 0.714. The van der Waals surface area contributed by atoms with Crippen molar-refractivity contribution in [2.45, 2.75) is 51.8 Å². The molecule has 0 aliphatic carbocycles. The molecule has 5 nitrogen and oxygen atoms in total. The SMILES string of the molecule is C/C=C/CC1NC(=O)C(N(C)C(=O)CC(C)C)[C@H]1O. The van der Waals surface area contributed by atoms with Crippen molar-refractivity contribution in [1.29, 1.82) is 0 Å². The summed E-state index contributed by atoms with van der Waals surface area (Å²) in [4.78, 5) is 25.2. The van der Waals surface area contributed by atoms with Gasteiger partial charge in [-0.2, -0.15) is 0 Å². The van der Waals surface area contributed by atoms with Crippen molar-refractivity contribution in [3.8, 4) is 0 Å². The summed E-state index contributed by atoms with van der Waals surface area (Å²) in [6, 6.07) is -1.09. The molecular formula is C14H24N2O3. The standard InChI is InChI=1S/C14H24N2O3/c1-5-6-7-10-13(18)12(14(19)15-10)16(4)11(17)8-9(2)3/h5-6,9-10,12-13,18H,7-8H2,1-4H3,(H,15,19)/b6-5+/t10?,12?,13-/m0/s1. The average molecular weight is 268 g/mol. The molecule has 3 atom stereocenters. The number of rotatable bonds is 5. The summed E-state index contributed by atoms with van der Waals surface area (Å²) in [7, 11) is 1.58. The Morgan fingerprint density at radius 3 is 2.68 bits per heavy atom. The van der Waals surface area contributed by atoms with E-state index in [1.807, 2.05) is 32.9 Å². The molecule has 2 amide bonds. The second kappa shape index (κ2) is 6.70. The Balaban J connectivity index is 2.71. The van der Waals surface area contributed by atoms with E-state index >= 15 is 0 Å². The van der Waals surface area contributed by atoms with Crippen LogP contribution >= 0.6 is 0 Å². The van der Waals surface area contributed by atoms with Crippen LogP contribution in [-0.2, 0) is 9.59 Å². The Labute approximate surface area is 114 Å². The Kier molecular flexibility index (Phi) is 5.54. The third-order valence-corrected chi connectivity index (χ3v) is 3.35. The third-order valence-electron chi connectivity index (χ3n) is 3.35. The summed E-state index contributed by atoms with van der Waals surface area (Å²) in [5.41, 5.74) is 0. The van der Waals surface area contributed by atoms with Crippen LogP contribution in [0.3, 0.4) is 0 Å². The van der Waals surface area contributed by atoms with Crippen molar-refractivity contribution in [3.05, 3.63) is 12.2 Å².